The van der Waals surface area contributed by atoms with E-state index in [9.17, 15) is 17.6 Å². The second kappa shape index (κ2) is 11.3. The third-order valence-electron chi connectivity index (χ3n) is 3.91. The molecule has 0 saturated heterocycles. The SMILES string of the molecule is CN=C(NCCCc1nc(C(C)C)no1)NCc1ccc(F)cc1C(F)(F)F.I. The number of halogens is 5. The molecule has 0 bridgehead atoms. The predicted molar refractivity (Wildman–Crippen MR) is 112 cm³/mol. The minimum Gasteiger partial charge on any atom is -0.356 e. The average Bonchev–Trinajstić information content (AvgIpc) is 3.10. The highest BCUT2D eigenvalue weighted by molar-refractivity contribution is 14.0. The van der Waals surface area contributed by atoms with Gasteiger partial charge in [0.05, 0.1) is 5.56 Å². The summed E-state index contributed by atoms with van der Waals surface area (Å²) in [5.41, 5.74) is -1.07. The highest BCUT2D eigenvalue weighted by atomic mass is 127. The molecule has 0 aliphatic rings. The van der Waals surface area contributed by atoms with Gasteiger partial charge in [-0.25, -0.2) is 4.39 Å². The summed E-state index contributed by atoms with van der Waals surface area (Å²) in [6.07, 6.45) is -3.39. The molecule has 29 heavy (non-hydrogen) atoms. The maximum atomic E-state index is 13.2. The summed E-state index contributed by atoms with van der Waals surface area (Å²) in [6, 6.07) is 2.60. The molecule has 0 unspecified atom stereocenters. The van der Waals surface area contributed by atoms with Crippen molar-refractivity contribution in [1.29, 1.82) is 0 Å². The largest absolute Gasteiger partial charge is 0.416 e. The molecule has 0 atom stereocenters. The minimum atomic E-state index is -4.63. The van der Waals surface area contributed by atoms with E-state index in [1.54, 1.807) is 0 Å². The Morgan fingerprint density at radius 3 is 2.55 bits per heavy atom. The molecule has 11 heteroatoms. The van der Waals surface area contributed by atoms with Crippen LogP contribution in [0.4, 0.5) is 17.6 Å². The van der Waals surface area contributed by atoms with Gasteiger partial charge >= 0.3 is 6.18 Å². The van der Waals surface area contributed by atoms with Gasteiger partial charge in [-0.1, -0.05) is 25.1 Å². The van der Waals surface area contributed by atoms with Crippen LogP contribution in [-0.2, 0) is 19.1 Å². The van der Waals surface area contributed by atoms with E-state index in [-0.39, 0.29) is 42.0 Å². The van der Waals surface area contributed by atoms with Crippen LogP contribution in [0.5, 0.6) is 0 Å². The van der Waals surface area contributed by atoms with Gasteiger partial charge in [0.15, 0.2) is 11.8 Å². The molecule has 2 rings (SSSR count). The van der Waals surface area contributed by atoms with Crippen LogP contribution in [0.15, 0.2) is 27.7 Å². The van der Waals surface area contributed by atoms with Crippen molar-refractivity contribution in [3.8, 4) is 0 Å². The number of rotatable bonds is 7. The molecule has 1 aromatic heterocycles. The van der Waals surface area contributed by atoms with E-state index in [1.165, 1.54) is 7.05 Å². The van der Waals surface area contributed by atoms with E-state index in [0.717, 1.165) is 12.1 Å². The van der Waals surface area contributed by atoms with Crippen LogP contribution < -0.4 is 10.6 Å². The summed E-state index contributed by atoms with van der Waals surface area (Å²) >= 11 is 0. The number of guanidine groups is 1. The van der Waals surface area contributed by atoms with Crippen molar-refractivity contribution in [2.45, 2.75) is 45.3 Å². The number of nitrogens with zero attached hydrogens (tertiary/aromatic N) is 3. The lowest BCUT2D eigenvalue weighted by atomic mass is 10.1. The lowest BCUT2D eigenvalue weighted by Crippen LogP contribution is -2.37. The summed E-state index contributed by atoms with van der Waals surface area (Å²) in [6.45, 7) is 4.30. The molecular formula is C18H24F4IN5O. The van der Waals surface area contributed by atoms with Gasteiger partial charge in [0.1, 0.15) is 5.82 Å². The Hall–Kier alpha value is -1.92. The molecule has 0 saturated carbocycles. The molecule has 162 valence electrons. The summed E-state index contributed by atoms with van der Waals surface area (Å²) < 4.78 is 57.4. The molecule has 1 aromatic carbocycles. The lowest BCUT2D eigenvalue weighted by Gasteiger charge is -2.15. The number of hydrogen-bond donors (Lipinski definition) is 2. The fourth-order valence-corrected chi connectivity index (χ4v) is 2.42. The first-order valence-electron chi connectivity index (χ1n) is 8.83. The van der Waals surface area contributed by atoms with Crippen molar-refractivity contribution in [1.82, 2.24) is 20.8 Å². The topological polar surface area (TPSA) is 75.3 Å². The molecule has 1 heterocycles. The van der Waals surface area contributed by atoms with Crippen molar-refractivity contribution >= 4 is 29.9 Å². The zero-order valence-electron chi connectivity index (χ0n) is 16.3. The van der Waals surface area contributed by atoms with E-state index >= 15 is 0 Å². The van der Waals surface area contributed by atoms with E-state index in [2.05, 4.69) is 25.8 Å². The number of aromatic nitrogens is 2. The third-order valence-corrected chi connectivity index (χ3v) is 3.91. The monoisotopic (exact) mass is 529 g/mol. The van der Waals surface area contributed by atoms with Crippen molar-refractivity contribution in [2.24, 2.45) is 4.99 Å². The first kappa shape index (κ1) is 25.1. The predicted octanol–water partition coefficient (Wildman–Crippen LogP) is 4.27. The van der Waals surface area contributed by atoms with Crippen LogP contribution in [-0.4, -0.2) is 29.7 Å². The Morgan fingerprint density at radius 2 is 1.97 bits per heavy atom. The molecule has 6 nitrogen and oxygen atoms in total. The summed E-state index contributed by atoms with van der Waals surface area (Å²) in [5.74, 6) is 0.785. The van der Waals surface area contributed by atoms with E-state index < -0.39 is 17.6 Å². The Labute approximate surface area is 183 Å². The Morgan fingerprint density at radius 1 is 1.24 bits per heavy atom. The van der Waals surface area contributed by atoms with Crippen molar-refractivity contribution in [2.75, 3.05) is 13.6 Å². The molecular weight excluding hydrogens is 505 g/mol. The summed E-state index contributed by atoms with van der Waals surface area (Å²) in [4.78, 5) is 8.25. The smallest absolute Gasteiger partial charge is 0.356 e. The van der Waals surface area contributed by atoms with Gasteiger partial charge in [0.25, 0.3) is 0 Å². The Bertz CT molecular complexity index is 808. The first-order valence-corrected chi connectivity index (χ1v) is 8.83. The number of aliphatic imine (C=N–C) groups is 1. The molecule has 0 spiro atoms. The van der Waals surface area contributed by atoms with Crippen molar-refractivity contribution in [3.05, 3.63) is 46.9 Å². The maximum Gasteiger partial charge on any atom is 0.416 e. The fraction of sp³-hybridized carbons (Fsp3) is 0.500. The van der Waals surface area contributed by atoms with Gasteiger partial charge in [-0.3, -0.25) is 4.99 Å². The molecule has 0 aliphatic carbocycles. The molecule has 0 amide bonds. The normalized spacial score (nSPS) is 12.1. The molecule has 2 aromatic rings. The number of aryl methyl sites for hydroxylation is 1. The molecule has 0 radical (unpaired) electrons. The summed E-state index contributed by atoms with van der Waals surface area (Å²) in [5, 5.41) is 9.68. The fourth-order valence-electron chi connectivity index (χ4n) is 2.42. The zero-order chi connectivity index (χ0) is 20.7. The van der Waals surface area contributed by atoms with Gasteiger partial charge in [-0.2, -0.15) is 18.2 Å². The highest BCUT2D eigenvalue weighted by Crippen LogP contribution is 2.32. The van der Waals surface area contributed by atoms with Crippen LogP contribution in [0.1, 0.15) is 49.0 Å². The number of alkyl halides is 3. The van der Waals surface area contributed by atoms with Crippen LogP contribution in [0, 0.1) is 5.82 Å². The van der Waals surface area contributed by atoms with E-state index in [0.29, 0.717) is 43.1 Å². The van der Waals surface area contributed by atoms with Gasteiger partial charge in [-0.15, -0.1) is 24.0 Å². The standard InChI is InChI=1S/C18H23F4N5O.HI/c1-11(2)16-26-15(28-27-16)5-4-8-24-17(23-3)25-10-12-6-7-13(19)9-14(12)18(20,21)22;/h6-7,9,11H,4-5,8,10H2,1-3H3,(H2,23,24,25);1H. The first-order chi connectivity index (χ1) is 13.2. The zero-order valence-corrected chi connectivity index (χ0v) is 18.6. The van der Waals surface area contributed by atoms with Crippen LogP contribution in [0.2, 0.25) is 0 Å². The third kappa shape index (κ3) is 7.78. The van der Waals surface area contributed by atoms with Gasteiger partial charge in [0, 0.05) is 32.5 Å². The second-order valence-corrected chi connectivity index (χ2v) is 6.46. The quantitative estimate of drug-likeness (QED) is 0.184. The number of nitrogens with one attached hydrogen (secondary N) is 2. The van der Waals surface area contributed by atoms with Crippen molar-refractivity contribution in [3.63, 3.8) is 0 Å². The number of hydrogen-bond acceptors (Lipinski definition) is 4. The Kier molecular flexibility index (Phi) is 9.80. The molecule has 0 aliphatic heterocycles. The minimum absolute atomic E-state index is 0. The molecule has 2 N–H and O–H groups in total. The van der Waals surface area contributed by atoms with Gasteiger partial charge < -0.3 is 15.2 Å². The highest BCUT2D eigenvalue weighted by Gasteiger charge is 2.33. The van der Waals surface area contributed by atoms with Crippen LogP contribution in [0.3, 0.4) is 0 Å². The maximum absolute atomic E-state index is 13.2. The van der Waals surface area contributed by atoms with Gasteiger partial charge in [-0.05, 0) is 24.1 Å². The van der Waals surface area contributed by atoms with Gasteiger partial charge in [0.2, 0.25) is 5.89 Å². The molecule has 0 fully saturated rings. The second-order valence-electron chi connectivity index (χ2n) is 6.46. The van der Waals surface area contributed by atoms with Crippen LogP contribution in [0.25, 0.3) is 0 Å². The van der Waals surface area contributed by atoms with E-state index in [1.807, 2.05) is 13.8 Å². The Balaban J connectivity index is 0.00000420. The van der Waals surface area contributed by atoms with E-state index in [4.69, 9.17) is 4.52 Å². The lowest BCUT2D eigenvalue weighted by molar-refractivity contribution is -0.138. The summed E-state index contributed by atoms with van der Waals surface area (Å²) in [7, 11) is 1.51. The van der Waals surface area contributed by atoms with Crippen molar-refractivity contribution < 1.29 is 22.1 Å². The number of benzene rings is 1. The average molecular weight is 529 g/mol. The van der Waals surface area contributed by atoms with Crippen LogP contribution >= 0.6 is 24.0 Å².